The van der Waals surface area contributed by atoms with E-state index < -0.39 is 0 Å². The number of benzene rings is 1. The lowest BCUT2D eigenvalue weighted by molar-refractivity contribution is -0.120. The Morgan fingerprint density at radius 2 is 2.14 bits per heavy atom. The van der Waals surface area contributed by atoms with Crippen molar-refractivity contribution >= 4 is 23.2 Å². The molecule has 1 fully saturated rings. The van der Waals surface area contributed by atoms with Crippen LogP contribution in [0.1, 0.15) is 43.0 Å². The van der Waals surface area contributed by atoms with E-state index in [0.29, 0.717) is 12.1 Å². The lowest BCUT2D eigenvalue weighted by atomic mass is 9.96. The maximum absolute atomic E-state index is 12.6. The van der Waals surface area contributed by atoms with E-state index in [1.807, 2.05) is 25.1 Å². The maximum atomic E-state index is 12.6. The highest BCUT2D eigenvalue weighted by Gasteiger charge is 2.37. The smallest absolute Gasteiger partial charge is 0.251 e. The Bertz CT molecular complexity index is 600. The van der Waals surface area contributed by atoms with Crippen LogP contribution in [-0.2, 0) is 4.79 Å². The van der Waals surface area contributed by atoms with E-state index in [0.717, 1.165) is 43.6 Å². The highest BCUT2D eigenvalue weighted by molar-refractivity contribution is 6.07. The Balaban J connectivity index is 1.94. The molecule has 1 saturated heterocycles. The second-order valence-corrected chi connectivity index (χ2v) is 6.06. The highest BCUT2D eigenvalue weighted by atomic mass is 16.2. The van der Waals surface area contributed by atoms with Crippen LogP contribution in [0.4, 0.5) is 11.4 Å². The summed E-state index contributed by atoms with van der Waals surface area (Å²) in [5, 5.41) is 2.88. The van der Waals surface area contributed by atoms with Crippen molar-refractivity contribution in [1.82, 2.24) is 5.32 Å². The van der Waals surface area contributed by atoms with Gasteiger partial charge in [0, 0.05) is 25.7 Å². The summed E-state index contributed by atoms with van der Waals surface area (Å²) in [6.07, 6.45) is 4.05. The van der Waals surface area contributed by atoms with Gasteiger partial charge in [0.05, 0.1) is 11.4 Å². The minimum Gasteiger partial charge on any atom is -0.358 e. The van der Waals surface area contributed by atoms with Crippen molar-refractivity contribution in [2.45, 2.75) is 38.6 Å². The van der Waals surface area contributed by atoms with Gasteiger partial charge >= 0.3 is 0 Å². The fraction of sp³-hybridized carbons (Fsp3) is 0.529. The van der Waals surface area contributed by atoms with Gasteiger partial charge in [-0.05, 0) is 43.9 Å². The largest absolute Gasteiger partial charge is 0.358 e. The molecule has 5 nitrogen and oxygen atoms in total. The number of anilines is 2. The molecule has 0 spiro atoms. The molecule has 118 valence electrons. The summed E-state index contributed by atoms with van der Waals surface area (Å²) in [6.45, 7) is 3.60. The Kier molecular flexibility index (Phi) is 4.05. The van der Waals surface area contributed by atoms with Crippen LogP contribution in [0.25, 0.3) is 0 Å². The Morgan fingerprint density at radius 3 is 2.91 bits per heavy atom. The molecular weight excluding hydrogens is 278 g/mol. The molecule has 0 aromatic heterocycles. The lowest BCUT2D eigenvalue weighted by Gasteiger charge is -2.44. The average Bonchev–Trinajstić information content (AvgIpc) is 2.57. The molecule has 22 heavy (non-hydrogen) atoms. The monoisotopic (exact) mass is 301 g/mol. The SMILES string of the molecule is CCCNC(=O)c1ccc2c(c1)N(C)C(=O)C1CCCCN21. The minimum atomic E-state index is -0.0775. The zero-order valence-corrected chi connectivity index (χ0v) is 13.3. The number of nitrogens with zero attached hydrogens (tertiary/aromatic N) is 2. The summed E-state index contributed by atoms with van der Waals surface area (Å²) in [6, 6.07) is 5.64. The van der Waals surface area contributed by atoms with E-state index >= 15 is 0 Å². The lowest BCUT2D eigenvalue weighted by Crippen LogP contribution is -2.54. The number of piperidine rings is 1. The van der Waals surface area contributed by atoms with Gasteiger partial charge in [-0.1, -0.05) is 6.92 Å². The van der Waals surface area contributed by atoms with Crippen LogP contribution in [0.2, 0.25) is 0 Å². The Hall–Kier alpha value is -2.04. The molecule has 2 aliphatic heterocycles. The fourth-order valence-corrected chi connectivity index (χ4v) is 3.34. The van der Waals surface area contributed by atoms with Gasteiger partial charge in [0.1, 0.15) is 6.04 Å². The van der Waals surface area contributed by atoms with E-state index in [-0.39, 0.29) is 17.9 Å². The number of likely N-dealkylation sites (N-methyl/N-ethyl adjacent to an activating group) is 1. The zero-order valence-electron chi connectivity index (χ0n) is 13.3. The zero-order chi connectivity index (χ0) is 15.7. The van der Waals surface area contributed by atoms with Gasteiger partial charge in [-0.3, -0.25) is 9.59 Å². The van der Waals surface area contributed by atoms with Gasteiger partial charge in [0.2, 0.25) is 5.91 Å². The maximum Gasteiger partial charge on any atom is 0.251 e. The number of fused-ring (bicyclic) bond motifs is 3. The fourth-order valence-electron chi connectivity index (χ4n) is 3.34. The number of amides is 2. The third kappa shape index (κ3) is 2.45. The van der Waals surface area contributed by atoms with Gasteiger partial charge in [-0.2, -0.15) is 0 Å². The van der Waals surface area contributed by atoms with Crippen LogP contribution < -0.4 is 15.1 Å². The molecule has 1 aromatic rings. The van der Waals surface area contributed by atoms with E-state index in [2.05, 4.69) is 10.2 Å². The molecule has 0 aliphatic carbocycles. The van der Waals surface area contributed by atoms with Crippen molar-refractivity contribution < 1.29 is 9.59 Å². The van der Waals surface area contributed by atoms with Crippen LogP contribution in [0.3, 0.4) is 0 Å². The summed E-state index contributed by atoms with van der Waals surface area (Å²) < 4.78 is 0. The van der Waals surface area contributed by atoms with E-state index in [1.54, 1.807) is 11.9 Å². The quantitative estimate of drug-likeness (QED) is 0.931. The van der Waals surface area contributed by atoms with Crippen molar-refractivity contribution in [1.29, 1.82) is 0 Å². The van der Waals surface area contributed by atoms with Crippen molar-refractivity contribution in [3.63, 3.8) is 0 Å². The Labute approximate surface area is 131 Å². The summed E-state index contributed by atoms with van der Waals surface area (Å²) in [4.78, 5) is 28.6. The number of carbonyl (C=O) groups excluding carboxylic acids is 2. The molecule has 2 aliphatic rings. The summed E-state index contributed by atoms with van der Waals surface area (Å²) in [5.41, 5.74) is 2.52. The third-order valence-corrected chi connectivity index (χ3v) is 4.56. The topological polar surface area (TPSA) is 52.7 Å². The third-order valence-electron chi connectivity index (χ3n) is 4.56. The van der Waals surface area contributed by atoms with E-state index in [9.17, 15) is 9.59 Å². The van der Waals surface area contributed by atoms with Crippen molar-refractivity contribution in [2.75, 3.05) is 29.9 Å². The number of hydrogen-bond acceptors (Lipinski definition) is 3. The van der Waals surface area contributed by atoms with Gasteiger partial charge in [0.15, 0.2) is 0 Å². The first-order valence-corrected chi connectivity index (χ1v) is 8.10. The number of nitrogens with one attached hydrogen (secondary N) is 1. The van der Waals surface area contributed by atoms with Crippen molar-refractivity contribution in [3.8, 4) is 0 Å². The first-order valence-electron chi connectivity index (χ1n) is 8.10. The molecule has 0 saturated carbocycles. The highest BCUT2D eigenvalue weighted by Crippen LogP contribution is 2.39. The molecule has 0 bridgehead atoms. The predicted molar refractivity (Wildman–Crippen MR) is 87.5 cm³/mol. The Morgan fingerprint density at radius 1 is 1.32 bits per heavy atom. The number of carbonyl (C=O) groups is 2. The van der Waals surface area contributed by atoms with Gasteiger partial charge in [0.25, 0.3) is 5.91 Å². The van der Waals surface area contributed by atoms with Crippen LogP contribution in [-0.4, -0.2) is 38.0 Å². The molecule has 2 heterocycles. The number of rotatable bonds is 3. The second kappa shape index (κ2) is 5.99. The second-order valence-electron chi connectivity index (χ2n) is 6.06. The van der Waals surface area contributed by atoms with E-state index in [1.165, 1.54) is 0 Å². The van der Waals surface area contributed by atoms with Crippen LogP contribution in [0, 0.1) is 0 Å². The van der Waals surface area contributed by atoms with Crippen LogP contribution >= 0.6 is 0 Å². The average molecular weight is 301 g/mol. The molecular formula is C17H23N3O2. The predicted octanol–water partition coefficient (Wildman–Crippen LogP) is 2.16. The standard InChI is InChI=1S/C17H23N3O2/c1-3-9-18-16(21)12-7-8-13-15(11-12)19(2)17(22)14-6-4-5-10-20(13)14/h7-8,11,14H,3-6,9-10H2,1-2H3,(H,18,21). The van der Waals surface area contributed by atoms with Crippen LogP contribution in [0.15, 0.2) is 18.2 Å². The van der Waals surface area contributed by atoms with Gasteiger partial charge < -0.3 is 15.1 Å². The van der Waals surface area contributed by atoms with Gasteiger partial charge in [-0.25, -0.2) is 0 Å². The molecule has 2 amide bonds. The normalized spacial score (nSPS) is 20.5. The molecule has 1 unspecified atom stereocenters. The van der Waals surface area contributed by atoms with Crippen molar-refractivity contribution in [3.05, 3.63) is 23.8 Å². The van der Waals surface area contributed by atoms with E-state index in [4.69, 9.17) is 0 Å². The van der Waals surface area contributed by atoms with Gasteiger partial charge in [-0.15, -0.1) is 0 Å². The van der Waals surface area contributed by atoms with Crippen molar-refractivity contribution in [2.24, 2.45) is 0 Å². The summed E-state index contributed by atoms with van der Waals surface area (Å²) >= 11 is 0. The van der Waals surface area contributed by atoms with Crippen LogP contribution in [0.5, 0.6) is 0 Å². The molecule has 5 heteroatoms. The number of hydrogen-bond donors (Lipinski definition) is 1. The molecule has 1 atom stereocenters. The summed E-state index contributed by atoms with van der Waals surface area (Å²) in [5.74, 6) is 0.0598. The summed E-state index contributed by atoms with van der Waals surface area (Å²) in [7, 11) is 1.81. The molecule has 0 radical (unpaired) electrons. The molecule has 1 N–H and O–H groups in total. The molecule has 3 rings (SSSR count). The first kappa shape index (κ1) is 14.9. The first-order chi connectivity index (χ1) is 10.6. The minimum absolute atomic E-state index is 0.0361. The molecule has 1 aromatic carbocycles.